The van der Waals surface area contributed by atoms with Gasteiger partial charge in [-0.2, -0.15) is 0 Å². The second kappa shape index (κ2) is 8.31. The van der Waals surface area contributed by atoms with Crippen LogP contribution in [0.25, 0.3) is 0 Å². The summed E-state index contributed by atoms with van der Waals surface area (Å²) in [6.45, 7) is 13.5. The molecule has 0 unspecified atom stereocenters. The molecule has 0 fully saturated rings. The molecular formula is C18H32N2. The molecule has 0 radical (unpaired) electrons. The summed E-state index contributed by atoms with van der Waals surface area (Å²) in [6, 6.07) is 8.89. The minimum Gasteiger partial charge on any atom is -0.372 e. The third-order valence-corrected chi connectivity index (χ3v) is 3.74. The molecule has 0 aliphatic heterocycles. The van der Waals surface area contributed by atoms with Gasteiger partial charge in [0.25, 0.3) is 0 Å². The van der Waals surface area contributed by atoms with Crippen molar-refractivity contribution in [2.45, 2.75) is 53.5 Å². The summed E-state index contributed by atoms with van der Waals surface area (Å²) in [5.41, 5.74) is 8.46. The topological polar surface area (TPSA) is 29.3 Å². The van der Waals surface area contributed by atoms with Crippen LogP contribution in [0, 0.1) is 11.8 Å². The second-order valence-corrected chi connectivity index (χ2v) is 6.73. The smallest absolute Gasteiger partial charge is 0.0366 e. The first-order valence-electron chi connectivity index (χ1n) is 8.00. The molecule has 0 aliphatic carbocycles. The van der Waals surface area contributed by atoms with Crippen molar-refractivity contribution in [2.24, 2.45) is 17.6 Å². The fourth-order valence-corrected chi connectivity index (χ4v) is 2.19. The number of benzene rings is 1. The van der Waals surface area contributed by atoms with Gasteiger partial charge in [0.1, 0.15) is 0 Å². The monoisotopic (exact) mass is 276 g/mol. The van der Waals surface area contributed by atoms with Gasteiger partial charge in [0.05, 0.1) is 0 Å². The largest absolute Gasteiger partial charge is 0.372 e. The fraction of sp³-hybridized carbons (Fsp3) is 0.667. The molecule has 20 heavy (non-hydrogen) atoms. The van der Waals surface area contributed by atoms with Gasteiger partial charge in [-0.1, -0.05) is 39.8 Å². The lowest BCUT2D eigenvalue weighted by atomic mass is 10.1. The summed E-state index contributed by atoms with van der Waals surface area (Å²) in [5, 5.41) is 0. The Balaban J connectivity index is 2.74. The van der Waals surface area contributed by atoms with E-state index in [-0.39, 0.29) is 6.04 Å². The molecule has 1 aromatic rings. The van der Waals surface area contributed by atoms with Crippen LogP contribution in [0.3, 0.4) is 0 Å². The lowest BCUT2D eigenvalue weighted by Crippen LogP contribution is -2.27. The van der Waals surface area contributed by atoms with Crippen LogP contribution in [0.4, 0.5) is 5.69 Å². The third-order valence-electron chi connectivity index (χ3n) is 3.74. The molecule has 0 aliphatic rings. The predicted octanol–water partition coefficient (Wildman–Crippen LogP) is 4.60. The zero-order valence-corrected chi connectivity index (χ0v) is 13.9. The van der Waals surface area contributed by atoms with Crippen LogP contribution in [0.15, 0.2) is 24.3 Å². The minimum absolute atomic E-state index is 0.115. The van der Waals surface area contributed by atoms with E-state index < -0.39 is 0 Å². The molecule has 0 bridgehead atoms. The van der Waals surface area contributed by atoms with E-state index >= 15 is 0 Å². The molecule has 2 nitrogen and oxygen atoms in total. The standard InChI is InChI=1S/C18H32N2/c1-14(2)10-12-20(13-11-15(3)4)18-8-6-17(7-9-18)16(5)19/h6-9,14-16H,10-13,19H2,1-5H3/t16-/m1/s1. The Hall–Kier alpha value is -1.02. The summed E-state index contributed by atoms with van der Waals surface area (Å²) >= 11 is 0. The van der Waals surface area contributed by atoms with Gasteiger partial charge in [-0.25, -0.2) is 0 Å². The third kappa shape index (κ3) is 5.96. The maximum atomic E-state index is 5.92. The second-order valence-electron chi connectivity index (χ2n) is 6.73. The average Bonchev–Trinajstić information content (AvgIpc) is 2.38. The van der Waals surface area contributed by atoms with Gasteiger partial charge in [-0.15, -0.1) is 0 Å². The molecule has 0 saturated heterocycles. The Morgan fingerprint density at radius 1 is 0.850 bits per heavy atom. The summed E-state index contributed by atoms with van der Waals surface area (Å²) in [4.78, 5) is 2.52. The van der Waals surface area contributed by atoms with E-state index in [1.54, 1.807) is 0 Å². The average molecular weight is 276 g/mol. The maximum Gasteiger partial charge on any atom is 0.0366 e. The summed E-state index contributed by atoms with van der Waals surface area (Å²) < 4.78 is 0. The Kier molecular flexibility index (Phi) is 7.08. The predicted molar refractivity (Wildman–Crippen MR) is 90.2 cm³/mol. The normalized spacial score (nSPS) is 13.0. The maximum absolute atomic E-state index is 5.92. The molecule has 114 valence electrons. The van der Waals surface area contributed by atoms with Gasteiger partial charge in [0.15, 0.2) is 0 Å². The first-order chi connectivity index (χ1) is 9.40. The summed E-state index contributed by atoms with van der Waals surface area (Å²) in [6.07, 6.45) is 2.49. The highest BCUT2D eigenvalue weighted by molar-refractivity contribution is 5.48. The first-order valence-corrected chi connectivity index (χ1v) is 8.00. The van der Waals surface area contributed by atoms with Crippen LogP contribution in [0.2, 0.25) is 0 Å². The number of nitrogens with two attached hydrogens (primary N) is 1. The fourth-order valence-electron chi connectivity index (χ4n) is 2.19. The van der Waals surface area contributed by atoms with Crippen LogP contribution in [0.1, 0.15) is 59.1 Å². The molecule has 1 aromatic carbocycles. The van der Waals surface area contributed by atoms with Crippen molar-refractivity contribution in [1.29, 1.82) is 0 Å². The number of anilines is 1. The van der Waals surface area contributed by atoms with E-state index in [1.165, 1.54) is 24.1 Å². The van der Waals surface area contributed by atoms with Gasteiger partial charge in [0, 0.05) is 24.8 Å². The Bertz CT molecular complexity index is 354. The van der Waals surface area contributed by atoms with Crippen molar-refractivity contribution in [3.8, 4) is 0 Å². The molecule has 1 rings (SSSR count). The first kappa shape index (κ1) is 17.0. The Morgan fingerprint density at radius 2 is 1.30 bits per heavy atom. The van der Waals surface area contributed by atoms with Gasteiger partial charge >= 0.3 is 0 Å². The minimum atomic E-state index is 0.115. The van der Waals surface area contributed by atoms with Crippen molar-refractivity contribution >= 4 is 5.69 Å². The number of hydrogen-bond donors (Lipinski definition) is 1. The van der Waals surface area contributed by atoms with E-state index in [0.29, 0.717) is 0 Å². The highest BCUT2D eigenvalue weighted by Gasteiger charge is 2.09. The number of nitrogens with zero attached hydrogens (tertiary/aromatic N) is 1. The lowest BCUT2D eigenvalue weighted by molar-refractivity contribution is 0.535. The number of hydrogen-bond acceptors (Lipinski definition) is 2. The van der Waals surface area contributed by atoms with Crippen LogP contribution < -0.4 is 10.6 Å². The molecule has 0 aromatic heterocycles. The highest BCUT2D eigenvalue weighted by atomic mass is 15.1. The van der Waals surface area contributed by atoms with E-state index in [1.807, 2.05) is 6.92 Å². The van der Waals surface area contributed by atoms with Gasteiger partial charge in [-0.05, 0) is 49.3 Å². The zero-order valence-electron chi connectivity index (χ0n) is 13.9. The van der Waals surface area contributed by atoms with E-state index in [9.17, 15) is 0 Å². The zero-order chi connectivity index (χ0) is 15.1. The van der Waals surface area contributed by atoms with E-state index in [2.05, 4.69) is 56.9 Å². The van der Waals surface area contributed by atoms with E-state index in [0.717, 1.165) is 24.9 Å². The van der Waals surface area contributed by atoms with Crippen molar-refractivity contribution in [2.75, 3.05) is 18.0 Å². The molecule has 1 atom stereocenters. The lowest BCUT2D eigenvalue weighted by Gasteiger charge is -2.27. The molecule has 0 spiro atoms. The highest BCUT2D eigenvalue weighted by Crippen LogP contribution is 2.20. The van der Waals surface area contributed by atoms with Crippen LogP contribution >= 0.6 is 0 Å². The van der Waals surface area contributed by atoms with Crippen molar-refractivity contribution < 1.29 is 0 Å². The van der Waals surface area contributed by atoms with Crippen molar-refractivity contribution in [3.05, 3.63) is 29.8 Å². The SMILES string of the molecule is CC(C)CCN(CCC(C)C)c1ccc([C@@H](C)N)cc1. The molecule has 0 amide bonds. The van der Waals surface area contributed by atoms with Crippen LogP contribution in [-0.4, -0.2) is 13.1 Å². The Labute approximate surface area is 125 Å². The molecule has 2 heteroatoms. The molecular weight excluding hydrogens is 244 g/mol. The summed E-state index contributed by atoms with van der Waals surface area (Å²) in [5.74, 6) is 1.50. The molecule has 2 N–H and O–H groups in total. The van der Waals surface area contributed by atoms with E-state index in [4.69, 9.17) is 5.73 Å². The summed E-state index contributed by atoms with van der Waals surface area (Å²) in [7, 11) is 0. The molecule has 0 saturated carbocycles. The molecule has 0 heterocycles. The van der Waals surface area contributed by atoms with Gasteiger partial charge in [0.2, 0.25) is 0 Å². The van der Waals surface area contributed by atoms with Gasteiger partial charge in [-0.3, -0.25) is 0 Å². The quantitative estimate of drug-likeness (QED) is 0.751. The van der Waals surface area contributed by atoms with Crippen LogP contribution in [0.5, 0.6) is 0 Å². The van der Waals surface area contributed by atoms with Crippen molar-refractivity contribution in [3.63, 3.8) is 0 Å². The number of rotatable bonds is 8. The van der Waals surface area contributed by atoms with Crippen LogP contribution in [-0.2, 0) is 0 Å². The van der Waals surface area contributed by atoms with Gasteiger partial charge < -0.3 is 10.6 Å². The van der Waals surface area contributed by atoms with Crippen molar-refractivity contribution in [1.82, 2.24) is 0 Å². The Morgan fingerprint density at radius 3 is 1.65 bits per heavy atom.